The van der Waals surface area contributed by atoms with Crippen LogP contribution in [0.2, 0.25) is 15.1 Å². The molecule has 5 nitrogen and oxygen atoms in total. The van der Waals surface area contributed by atoms with Crippen molar-refractivity contribution < 1.29 is 4.79 Å². The first-order chi connectivity index (χ1) is 12.0. The Morgan fingerprint density at radius 1 is 0.880 bits per heavy atom. The van der Waals surface area contributed by atoms with Gasteiger partial charge in [-0.25, -0.2) is 9.97 Å². The first-order valence-corrected chi connectivity index (χ1v) is 8.26. The zero-order chi connectivity index (χ0) is 17.8. The van der Waals surface area contributed by atoms with Gasteiger partial charge in [-0.2, -0.15) is 0 Å². The van der Waals surface area contributed by atoms with Crippen molar-refractivity contribution in [3.8, 4) is 0 Å². The van der Waals surface area contributed by atoms with Crippen LogP contribution >= 0.6 is 34.8 Å². The van der Waals surface area contributed by atoms with E-state index in [0.717, 1.165) is 0 Å². The molecule has 0 fully saturated rings. The molecule has 0 aliphatic carbocycles. The van der Waals surface area contributed by atoms with E-state index >= 15 is 0 Å². The lowest BCUT2D eigenvalue weighted by atomic mass is 10.3. The molecule has 0 aliphatic heterocycles. The number of benzene rings is 2. The third-order valence-corrected chi connectivity index (χ3v) is 3.76. The Kier molecular flexibility index (Phi) is 5.38. The number of halogens is 3. The number of hydrogen-bond acceptors (Lipinski definition) is 4. The predicted molar refractivity (Wildman–Crippen MR) is 101 cm³/mol. The maximum atomic E-state index is 12.3. The molecule has 0 saturated heterocycles. The van der Waals surface area contributed by atoms with Crippen molar-refractivity contribution in [2.45, 2.75) is 0 Å². The molecule has 1 aromatic heterocycles. The van der Waals surface area contributed by atoms with Crippen molar-refractivity contribution in [1.29, 1.82) is 0 Å². The summed E-state index contributed by atoms with van der Waals surface area (Å²) in [6.07, 6.45) is 1.48. The van der Waals surface area contributed by atoms with Gasteiger partial charge in [-0.15, -0.1) is 0 Å². The third kappa shape index (κ3) is 4.82. The highest BCUT2D eigenvalue weighted by Crippen LogP contribution is 2.24. The predicted octanol–water partition coefficient (Wildman–Crippen LogP) is 5.43. The molecule has 3 aromatic rings. The number of hydrogen-bond donors (Lipinski definition) is 2. The monoisotopic (exact) mass is 392 g/mol. The second-order valence-electron chi connectivity index (χ2n) is 5.01. The summed E-state index contributed by atoms with van der Waals surface area (Å²) in [5.74, 6) is -0.131. The minimum atomic E-state index is -0.378. The van der Waals surface area contributed by atoms with Gasteiger partial charge in [0.2, 0.25) is 5.95 Å². The largest absolute Gasteiger partial charge is 0.324 e. The van der Waals surface area contributed by atoms with Crippen LogP contribution in [-0.2, 0) is 0 Å². The van der Waals surface area contributed by atoms with E-state index in [1.54, 1.807) is 42.5 Å². The zero-order valence-corrected chi connectivity index (χ0v) is 14.9. The average Bonchev–Trinajstić information content (AvgIpc) is 2.54. The fourth-order valence-corrected chi connectivity index (χ4v) is 2.78. The summed E-state index contributed by atoms with van der Waals surface area (Å²) in [6.45, 7) is 0. The maximum absolute atomic E-state index is 12.3. The fourth-order valence-electron chi connectivity index (χ4n) is 2.06. The molecule has 0 bridgehead atoms. The molecule has 0 saturated carbocycles. The molecule has 126 valence electrons. The van der Waals surface area contributed by atoms with Crippen molar-refractivity contribution in [2.75, 3.05) is 10.6 Å². The highest BCUT2D eigenvalue weighted by Gasteiger charge is 2.10. The molecule has 25 heavy (non-hydrogen) atoms. The van der Waals surface area contributed by atoms with Crippen molar-refractivity contribution >= 4 is 58.0 Å². The number of carbonyl (C=O) groups is 1. The van der Waals surface area contributed by atoms with Gasteiger partial charge in [0.15, 0.2) is 0 Å². The Labute approximate surface area is 159 Å². The SMILES string of the molecule is O=C(Nc1cccc(Cl)c1)c1ccnc(Nc2cc(Cl)cc(Cl)c2)n1. The van der Waals surface area contributed by atoms with Crippen LogP contribution in [0.1, 0.15) is 10.5 Å². The lowest BCUT2D eigenvalue weighted by Gasteiger charge is -2.08. The standard InChI is InChI=1S/C17H11Cl3N4O/c18-10-2-1-3-13(7-10)22-16(25)15-4-5-21-17(24-15)23-14-8-11(19)6-12(20)9-14/h1-9H,(H,22,25)(H,21,23,24). The van der Waals surface area contributed by atoms with Crippen LogP contribution in [0.3, 0.4) is 0 Å². The summed E-state index contributed by atoms with van der Waals surface area (Å²) in [5.41, 5.74) is 1.39. The molecule has 0 atom stereocenters. The Bertz CT molecular complexity index is 913. The molecule has 1 amide bonds. The summed E-state index contributed by atoms with van der Waals surface area (Å²) in [7, 11) is 0. The molecule has 0 aliphatic rings. The molecule has 2 N–H and O–H groups in total. The second kappa shape index (κ2) is 7.70. The number of anilines is 3. The summed E-state index contributed by atoms with van der Waals surface area (Å²) < 4.78 is 0. The van der Waals surface area contributed by atoms with E-state index in [0.29, 0.717) is 26.4 Å². The van der Waals surface area contributed by atoms with Crippen LogP contribution in [0, 0.1) is 0 Å². The lowest BCUT2D eigenvalue weighted by molar-refractivity contribution is 0.102. The minimum absolute atomic E-state index is 0.200. The second-order valence-corrected chi connectivity index (χ2v) is 6.32. The van der Waals surface area contributed by atoms with Crippen molar-refractivity contribution in [3.05, 3.63) is 75.5 Å². The van der Waals surface area contributed by atoms with E-state index in [-0.39, 0.29) is 17.5 Å². The van der Waals surface area contributed by atoms with Gasteiger partial charge in [0, 0.05) is 32.6 Å². The molecular formula is C17H11Cl3N4O. The van der Waals surface area contributed by atoms with Crippen LogP contribution in [0.15, 0.2) is 54.7 Å². The third-order valence-electron chi connectivity index (χ3n) is 3.09. The topological polar surface area (TPSA) is 66.9 Å². The smallest absolute Gasteiger partial charge is 0.274 e. The number of amides is 1. The molecule has 2 aromatic carbocycles. The van der Waals surface area contributed by atoms with Crippen LogP contribution in [0.25, 0.3) is 0 Å². The quantitative estimate of drug-likeness (QED) is 0.620. The van der Waals surface area contributed by atoms with Gasteiger partial charge >= 0.3 is 0 Å². The van der Waals surface area contributed by atoms with Gasteiger partial charge in [-0.3, -0.25) is 4.79 Å². The first kappa shape index (κ1) is 17.5. The maximum Gasteiger partial charge on any atom is 0.274 e. The Morgan fingerprint density at radius 2 is 1.60 bits per heavy atom. The van der Waals surface area contributed by atoms with Gasteiger partial charge in [-0.05, 0) is 42.5 Å². The van der Waals surface area contributed by atoms with Gasteiger partial charge < -0.3 is 10.6 Å². The average molecular weight is 394 g/mol. The fraction of sp³-hybridized carbons (Fsp3) is 0. The molecule has 0 spiro atoms. The van der Waals surface area contributed by atoms with Gasteiger partial charge in [0.05, 0.1) is 0 Å². The highest BCUT2D eigenvalue weighted by atomic mass is 35.5. The van der Waals surface area contributed by atoms with E-state index in [2.05, 4.69) is 20.6 Å². The Hall–Kier alpha value is -2.34. The number of nitrogens with one attached hydrogen (secondary N) is 2. The molecule has 0 radical (unpaired) electrons. The van der Waals surface area contributed by atoms with Crippen molar-refractivity contribution in [3.63, 3.8) is 0 Å². The van der Waals surface area contributed by atoms with Crippen LogP contribution in [0.4, 0.5) is 17.3 Å². The van der Waals surface area contributed by atoms with E-state index in [1.807, 2.05) is 0 Å². The van der Waals surface area contributed by atoms with Crippen molar-refractivity contribution in [2.24, 2.45) is 0 Å². The zero-order valence-electron chi connectivity index (χ0n) is 12.6. The molecule has 1 heterocycles. The minimum Gasteiger partial charge on any atom is -0.324 e. The van der Waals surface area contributed by atoms with E-state index in [9.17, 15) is 4.79 Å². The molecule has 3 rings (SSSR count). The van der Waals surface area contributed by atoms with Gasteiger partial charge in [-0.1, -0.05) is 40.9 Å². The number of aromatic nitrogens is 2. The number of rotatable bonds is 4. The van der Waals surface area contributed by atoms with E-state index in [1.165, 1.54) is 12.3 Å². The highest BCUT2D eigenvalue weighted by molar-refractivity contribution is 6.35. The lowest BCUT2D eigenvalue weighted by Crippen LogP contribution is -2.14. The van der Waals surface area contributed by atoms with Crippen LogP contribution in [0.5, 0.6) is 0 Å². The van der Waals surface area contributed by atoms with Gasteiger partial charge in [0.25, 0.3) is 5.91 Å². The number of carbonyl (C=O) groups excluding carboxylic acids is 1. The van der Waals surface area contributed by atoms with E-state index < -0.39 is 0 Å². The summed E-state index contributed by atoms with van der Waals surface area (Å²) >= 11 is 17.8. The number of nitrogens with zero attached hydrogens (tertiary/aromatic N) is 2. The van der Waals surface area contributed by atoms with Crippen LogP contribution in [-0.4, -0.2) is 15.9 Å². The summed E-state index contributed by atoms with van der Waals surface area (Å²) in [5, 5.41) is 7.17. The van der Waals surface area contributed by atoms with E-state index in [4.69, 9.17) is 34.8 Å². The van der Waals surface area contributed by atoms with Crippen LogP contribution < -0.4 is 10.6 Å². The summed E-state index contributed by atoms with van der Waals surface area (Å²) in [4.78, 5) is 20.6. The first-order valence-electron chi connectivity index (χ1n) is 7.13. The van der Waals surface area contributed by atoms with Gasteiger partial charge in [0.1, 0.15) is 5.69 Å². The summed E-state index contributed by atoms with van der Waals surface area (Å²) in [6, 6.07) is 13.3. The Balaban J connectivity index is 1.77. The molecule has 0 unspecified atom stereocenters. The van der Waals surface area contributed by atoms with Crippen molar-refractivity contribution in [1.82, 2.24) is 9.97 Å². The normalized spacial score (nSPS) is 10.4. The Morgan fingerprint density at radius 3 is 2.32 bits per heavy atom. The molecular weight excluding hydrogens is 383 g/mol. The molecule has 8 heteroatoms.